The van der Waals surface area contributed by atoms with Gasteiger partial charge in [-0.05, 0) is 18.2 Å². The summed E-state index contributed by atoms with van der Waals surface area (Å²) in [5.41, 5.74) is 1.16. The second-order valence-corrected chi connectivity index (χ2v) is 6.29. The minimum Gasteiger partial charge on any atom is -0.496 e. The number of ether oxygens (including phenoxy) is 1. The molecule has 96 valence electrons. The van der Waals surface area contributed by atoms with Gasteiger partial charge in [-0.15, -0.1) is 11.3 Å². The van der Waals surface area contributed by atoms with Gasteiger partial charge in [0.15, 0.2) is 0 Å². The van der Waals surface area contributed by atoms with Crippen molar-refractivity contribution in [2.75, 3.05) is 7.11 Å². The van der Waals surface area contributed by atoms with Crippen LogP contribution in [0.1, 0.15) is 17.2 Å². The van der Waals surface area contributed by atoms with E-state index in [1.807, 2.05) is 0 Å². The van der Waals surface area contributed by atoms with E-state index in [0.29, 0.717) is 30.6 Å². The van der Waals surface area contributed by atoms with Crippen molar-refractivity contribution in [3.63, 3.8) is 0 Å². The second kappa shape index (κ2) is 5.68. The van der Waals surface area contributed by atoms with Gasteiger partial charge in [-0.25, -0.2) is 0 Å². The molecule has 2 aromatic rings. The zero-order chi connectivity index (χ0) is 13.3. The smallest absolute Gasteiger partial charge is 0.126 e. The summed E-state index contributed by atoms with van der Waals surface area (Å²) < 4.78 is 6.19. The van der Waals surface area contributed by atoms with Crippen LogP contribution in [0.3, 0.4) is 0 Å². The van der Waals surface area contributed by atoms with Crippen LogP contribution in [0.4, 0.5) is 0 Å². The largest absolute Gasteiger partial charge is 0.496 e. The molecule has 1 atom stereocenters. The first-order chi connectivity index (χ1) is 8.52. The molecule has 0 aliphatic carbocycles. The molecule has 0 saturated carbocycles. The summed E-state index contributed by atoms with van der Waals surface area (Å²) in [7, 11) is 1.52. The van der Waals surface area contributed by atoms with Crippen molar-refractivity contribution in [3.8, 4) is 5.75 Å². The summed E-state index contributed by atoms with van der Waals surface area (Å²) in [6.45, 7) is 0. The van der Waals surface area contributed by atoms with Crippen molar-refractivity contribution in [1.29, 1.82) is 0 Å². The minimum absolute atomic E-state index is 0.463. The third kappa shape index (κ3) is 2.76. The summed E-state index contributed by atoms with van der Waals surface area (Å²) in [5, 5.41) is 10.9. The number of thiophene rings is 1. The molecule has 0 aliphatic rings. The Labute approximate surface area is 124 Å². The molecule has 2 nitrogen and oxygen atoms in total. The number of methoxy groups -OCH3 is 1. The van der Waals surface area contributed by atoms with Gasteiger partial charge in [-0.1, -0.05) is 40.9 Å². The molecule has 0 radical (unpaired) electrons. The number of hydrogen-bond donors (Lipinski definition) is 1. The van der Waals surface area contributed by atoms with E-state index in [0.717, 1.165) is 0 Å². The lowest BCUT2D eigenvalue weighted by molar-refractivity contribution is 0.215. The first kappa shape index (κ1) is 14.0. The molecular formula is C12H9Cl3O2S. The molecule has 1 N–H and O–H groups in total. The first-order valence-electron chi connectivity index (χ1n) is 4.99. The zero-order valence-electron chi connectivity index (χ0n) is 9.28. The lowest BCUT2D eigenvalue weighted by Gasteiger charge is -2.14. The average molecular weight is 324 g/mol. The highest BCUT2D eigenvalue weighted by Gasteiger charge is 2.20. The molecule has 0 spiro atoms. The average Bonchev–Trinajstić information content (AvgIpc) is 2.67. The van der Waals surface area contributed by atoms with Gasteiger partial charge in [0.25, 0.3) is 0 Å². The van der Waals surface area contributed by atoms with E-state index < -0.39 is 6.10 Å². The maximum atomic E-state index is 10.3. The van der Waals surface area contributed by atoms with Crippen LogP contribution in [-0.4, -0.2) is 12.2 Å². The molecule has 1 aromatic carbocycles. The number of aliphatic hydroxyl groups is 1. The van der Waals surface area contributed by atoms with Crippen LogP contribution >= 0.6 is 46.1 Å². The fourth-order valence-electron chi connectivity index (χ4n) is 1.62. The van der Waals surface area contributed by atoms with Gasteiger partial charge in [0.2, 0.25) is 0 Å². The highest BCUT2D eigenvalue weighted by molar-refractivity contribution is 7.20. The van der Waals surface area contributed by atoms with E-state index in [-0.39, 0.29) is 0 Å². The molecule has 1 aromatic heterocycles. The van der Waals surface area contributed by atoms with Crippen LogP contribution in [-0.2, 0) is 0 Å². The van der Waals surface area contributed by atoms with E-state index >= 15 is 0 Å². The number of rotatable bonds is 3. The monoisotopic (exact) mass is 322 g/mol. The minimum atomic E-state index is -0.895. The van der Waals surface area contributed by atoms with Gasteiger partial charge in [-0.3, -0.25) is 0 Å². The molecule has 0 aliphatic heterocycles. The number of benzene rings is 1. The summed E-state index contributed by atoms with van der Waals surface area (Å²) >= 11 is 19.0. The van der Waals surface area contributed by atoms with Crippen LogP contribution in [0.25, 0.3) is 0 Å². The topological polar surface area (TPSA) is 29.5 Å². The molecule has 0 bridgehead atoms. The Bertz CT molecular complexity index is 568. The van der Waals surface area contributed by atoms with Gasteiger partial charge in [0.1, 0.15) is 16.2 Å². The Balaban J connectivity index is 2.45. The maximum Gasteiger partial charge on any atom is 0.126 e. The van der Waals surface area contributed by atoms with Crippen LogP contribution in [0.5, 0.6) is 5.75 Å². The summed E-state index contributed by atoms with van der Waals surface area (Å²) in [4.78, 5) is 0. The van der Waals surface area contributed by atoms with E-state index in [9.17, 15) is 5.11 Å². The summed E-state index contributed by atoms with van der Waals surface area (Å²) in [5.74, 6) is 0.508. The zero-order valence-corrected chi connectivity index (χ0v) is 12.4. The van der Waals surface area contributed by atoms with Crippen molar-refractivity contribution in [2.24, 2.45) is 0 Å². The van der Waals surface area contributed by atoms with Crippen molar-refractivity contribution in [2.45, 2.75) is 6.10 Å². The molecule has 1 unspecified atom stereocenters. The van der Waals surface area contributed by atoms with Crippen molar-refractivity contribution in [3.05, 3.63) is 49.1 Å². The van der Waals surface area contributed by atoms with Crippen LogP contribution in [0.15, 0.2) is 24.3 Å². The molecule has 1 heterocycles. The quantitative estimate of drug-likeness (QED) is 0.879. The number of aliphatic hydroxyl groups excluding tert-OH is 1. The first-order valence-corrected chi connectivity index (χ1v) is 6.94. The lowest BCUT2D eigenvalue weighted by Crippen LogP contribution is -2.01. The molecule has 2 rings (SSSR count). The fourth-order valence-corrected chi connectivity index (χ4v) is 3.30. The standard InChI is InChI=1S/C12H9Cl3O2S/c1-17-9-4-6(13)2-3-7(9)11(16)8-5-10(14)18-12(8)15/h2-5,11,16H,1H3. The van der Waals surface area contributed by atoms with E-state index in [1.54, 1.807) is 24.3 Å². The second-order valence-electron chi connectivity index (χ2n) is 3.57. The van der Waals surface area contributed by atoms with Crippen molar-refractivity contribution in [1.82, 2.24) is 0 Å². The molecule has 0 amide bonds. The van der Waals surface area contributed by atoms with Crippen LogP contribution < -0.4 is 4.74 Å². The fraction of sp³-hybridized carbons (Fsp3) is 0.167. The Morgan fingerprint density at radius 1 is 1.17 bits per heavy atom. The SMILES string of the molecule is COc1cc(Cl)ccc1C(O)c1cc(Cl)sc1Cl. The Hall–Kier alpha value is -0.450. The Morgan fingerprint density at radius 3 is 2.44 bits per heavy atom. The summed E-state index contributed by atoms with van der Waals surface area (Å²) in [6, 6.07) is 6.67. The predicted molar refractivity (Wildman–Crippen MR) is 76.4 cm³/mol. The van der Waals surface area contributed by atoms with Gasteiger partial charge in [0, 0.05) is 16.1 Å². The predicted octanol–water partition coefficient (Wildman–Crippen LogP) is 4.80. The van der Waals surface area contributed by atoms with Gasteiger partial charge >= 0.3 is 0 Å². The lowest BCUT2D eigenvalue weighted by atomic mass is 10.0. The highest BCUT2D eigenvalue weighted by atomic mass is 35.5. The molecule has 0 fully saturated rings. The van der Waals surface area contributed by atoms with Gasteiger partial charge < -0.3 is 9.84 Å². The molecule has 0 saturated heterocycles. The Kier molecular flexibility index (Phi) is 4.41. The Morgan fingerprint density at radius 2 is 1.89 bits per heavy atom. The number of hydrogen-bond acceptors (Lipinski definition) is 3. The van der Waals surface area contributed by atoms with Crippen LogP contribution in [0, 0.1) is 0 Å². The van der Waals surface area contributed by atoms with E-state index in [2.05, 4.69) is 0 Å². The maximum absolute atomic E-state index is 10.3. The van der Waals surface area contributed by atoms with Gasteiger partial charge in [-0.2, -0.15) is 0 Å². The third-order valence-corrected chi connectivity index (χ3v) is 4.22. The molecule has 18 heavy (non-hydrogen) atoms. The summed E-state index contributed by atoms with van der Waals surface area (Å²) in [6.07, 6.45) is -0.895. The van der Waals surface area contributed by atoms with Crippen molar-refractivity contribution < 1.29 is 9.84 Å². The van der Waals surface area contributed by atoms with E-state index in [4.69, 9.17) is 39.5 Å². The van der Waals surface area contributed by atoms with E-state index in [1.165, 1.54) is 18.4 Å². The molecule has 6 heteroatoms. The highest BCUT2D eigenvalue weighted by Crippen LogP contribution is 2.40. The molecular weight excluding hydrogens is 315 g/mol. The van der Waals surface area contributed by atoms with Crippen molar-refractivity contribution >= 4 is 46.1 Å². The van der Waals surface area contributed by atoms with Gasteiger partial charge in [0.05, 0.1) is 11.4 Å². The third-order valence-electron chi connectivity index (χ3n) is 2.47. The number of halogens is 3. The van der Waals surface area contributed by atoms with Crippen LogP contribution in [0.2, 0.25) is 13.7 Å². The normalized spacial score (nSPS) is 12.5.